The molecule has 1 amide bonds. The van der Waals surface area contributed by atoms with E-state index in [9.17, 15) is 14.8 Å². The summed E-state index contributed by atoms with van der Waals surface area (Å²) >= 11 is 0. The van der Waals surface area contributed by atoms with Gasteiger partial charge in [0.2, 0.25) is 0 Å². The molecule has 0 aliphatic heterocycles. The number of hydrogen-bond donors (Lipinski definition) is 4. The molecule has 0 fully saturated rings. The number of nitrogens with two attached hydrogens (primary N) is 1. The lowest BCUT2D eigenvalue weighted by Crippen LogP contribution is -2.30. The third-order valence-corrected chi connectivity index (χ3v) is 5.66. The minimum Gasteiger partial charge on any atom is -0.494 e. The van der Waals surface area contributed by atoms with E-state index < -0.39 is 13.0 Å². The molecule has 2 aromatic carbocycles. The number of fused-ring (bicyclic) bond motifs is 2. The van der Waals surface area contributed by atoms with Crippen molar-refractivity contribution in [1.82, 2.24) is 19.4 Å². The van der Waals surface area contributed by atoms with Crippen LogP contribution >= 0.6 is 0 Å². The Morgan fingerprint density at radius 1 is 1.11 bits per heavy atom. The SMILES string of the molecule is COc1cccc2c(NCc3cccc(B(O)O)c3)nc(-c3ncn4c(C(N)=O)cccc34)nc12. The summed E-state index contributed by atoms with van der Waals surface area (Å²) in [6.07, 6.45) is 1.51. The van der Waals surface area contributed by atoms with Crippen molar-refractivity contribution in [1.29, 1.82) is 0 Å². The number of benzene rings is 2. The number of methoxy groups -OCH3 is 1. The number of rotatable bonds is 7. The first-order valence-electron chi connectivity index (χ1n) is 10.8. The lowest BCUT2D eigenvalue weighted by atomic mass is 9.80. The average molecular weight is 468 g/mol. The Morgan fingerprint density at radius 2 is 1.91 bits per heavy atom. The summed E-state index contributed by atoms with van der Waals surface area (Å²) in [7, 11) is 0.0192. The number of primary amides is 1. The number of pyridine rings is 1. The fraction of sp³-hybridized carbons (Fsp3) is 0.0833. The second-order valence-electron chi connectivity index (χ2n) is 7.85. The Hall–Kier alpha value is -4.48. The Kier molecular flexibility index (Phi) is 5.77. The van der Waals surface area contributed by atoms with E-state index >= 15 is 0 Å². The van der Waals surface area contributed by atoms with Crippen LogP contribution < -0.4 is 21.3 Å². The van der Waals surface area contributed by atoms with Gasteiger partial charge in [-0.1, -0.05) is 36.4 Å². The van der Waals surface area contributed by atoms with E-state index in [0.717, 1.165) is 10.9 Å². The molecule has 10 nitrogen and oxygen atoms in total. The van der Waals surface area contributed by atoms with Gasteiger partial charge >= 0.3 is 7.12 Å². The molecule has 5 rings (SSSR count). The van der Waals surface area contributed by atoms with E-state index in [0.29, 0.717) is 51.8 Å². The topological polar surface area (TPSA) is 148 Å². The summed E-state index contributed by atoms with van der Waals surface area (Å²) in [4.78, 5) is 25.8. The van der Waals surface area contributed by atoms with E-state index in [1.165, 1.54) is 6.33 Å². The maximum absolute atomic E-state index is 11.8. The molecule has 11 heteroatoms. The Balaban J connectivity index is 1.63. The van der Waals surface area contributed by atoms with E-state index in [1.54, 1.807) is 41.8 Å². The zero-order chi connectivity index (χ0) is 24.5. The fourth-order valence-corrected chi connectivity index (χ4v) is 3.97. The summed E-state index contributed by atoms with van der Waals surface area (Å²) in [5.41, 5.74) is 8.75. The lowest BCUT2D eigenvalue weighted by molar-refractivity contribution is 0.0994. The summed E-state index contributed by atoms with van der Waals surface area (Å²) in [5, 5.41) is 23.0. The highest BCUT2D eigenvalue weighted by Gasteiger charge is 2.18. The number of nitrogens with one attached hydrogen (secondary N) is 1. The van der Waals surface area contributed by atoms with Gasteiger partial charge in [0.05, 0.1) is 12.6 Å². The van der Waals surface area contributed by atoms with Crippen molar-refractivity contribution in [2.24, 2.45) is 5.73 Å². The number of imidazole rings is 1. The van der Waals surface area contributed by atoms with Crippen molar-refractivity contribution in [3.05, 3.63) is 78.2 Å². The van der Waals surface area contributed by atoms with Gasteiger partial charge in [-0.25, -0.2) is 15.0 Å². The molecular formula is C24H21BN6O4. The van der Waals surface area contributed by atoms with Crippen molar-refractivity contribution in [2.45, 2.75) is 6.54 Å². The summed E-state index contributed by atoms with van der Waals surface area (Å²) in [6.45, 7) is 0.374. The fourth-order valence-electron chi connectivity index (χ4n) is 3.97. The number of hydrogen-bond acceptors (Lipinski definition) is 8. The summed E-state index contributed by atoms with van der Waals surface area (Å²) in [6, 6.07) is 17.7. The number of ether oxygens (including phenoxy) is 1. The monoisotopic (exact) mass is 468 g/mol. The van der Waals surface area contributed by atoms with Gasteiger partial charge in [-0.15, -0.1) is 0 Å². The highest BCUT2D eigenvalue weighted by atomic mass is 16.5. The molecule has 0 atom stereocenters. The Labute approximate surface area is 200 Å². The molecule has 0 radical (unpaired) electrons. The molecule has 0 spiro atoms. The van der Waals surface area contributed by atoms with E-state index in [1.807, 2.05) is 30.3 Å². The predicted molar refractivity (Wildman–Crippen MR) is 132 cm³/mol. The van der Waals surface area contributed by atoms with Gasteiger partial charge in [0.1, 0.15) is 34.8 Å². The van der Waals surface area contributed by atoms with Crippen molar-refractivity contribution < 1.29 is 19.6 Å². The second-order valence-corrected chi connectivity index (χ2v) is 7.85. The smallest absolute Gasteiger partial charge is 0.488 e. The van der Waals surface area contributed by atoms with Gasteiger partial charge in [-0.2, -0.15) is 0 Å². The van der Waals surface area contributed by atoms with E-state index in [2.05, 4.69) is 10.3 Å². The zero-order valence-corrected chi connectivity index (χ0v) is 18.7. The summed E-state index contributed by atoms with van der Waals surface area (Å²) in [5.74, 6) is 0.887. The van der Waals surface area contributed by atoms with Gasteiger partial charge < -0.3 is 25.8 Å². The second kappa shape index (κ2) is 9.05. The number of amides is 1. The number of para-hydroxylation sites is 1. The van der Waals surface area contributed by atoms with Crippen LogP contribution in [0.15, 0.2) is 67.0 Å². The summed E-state index contributed by atoms with van der Waals surface area (Å²) < 4.78 is 7.14. The number of nitrogens with zero attached hydrogens (tertiary/aromatic N) is 4. The lowest BCUT2D eigenvalue weighted by Gasteiger charge is -2.13. The molecule has 0 saturated carbocycles. The molecule has 3 heterocycles. The molecule has 174 valence electrons. The first kappa shape index (κ1) is 22.3. The van der Waals surface area contributed by atoms with Crippen LogP contribution in [0.3, 0.4) is 0 Å². The number of carbonyl (C=O) groups excluding carboxylic acids is 1. The van der Waals surface area contributed by atoms with Gasteiger partial charge in [0, 0.05) is 11.9 Å². The maximum Gasteiger partial charge on any atom is 0.488 e. The van der Waals surface area contributed by atoms with Crippen molar-refractivity contribution in [2.75, 3.05) is 12.4 Å². The number of carbonyl (C=O) groups is 1. The molecule has 0 bridgehead atoms. The highest BCUT2D eigenvalue weighted by molar-refractivity contribution is 6.58. The minimum atomic E-state index is -1.55. The maximum atomic E-state index is 11.8. The van der Waals surface area contributed by atoms with Crippen molar-refractivity contribution in [3.8, 4) is 17.3 Å². The first-order valence-corrected chi connectivity index (χ1v) is 10.8. The highest BCUT2D eigenvalue weighted by Crippen LogP contribution is 2.32. The molecule has 0 saturated heterocycles. The number of aromatic nitrogens is 4. The predicted octanol–water partition coefficient (Wildman–Crippen LogP) is 1.34. The average Bonchev–Trinajstić information content (AvgIpc) is 3.31. The first-order chi connectivity index (χ1) is 17.0. The molecule has 0 aliphatic carbocycles. The van der Waals surface area contributed by atoms with E-state index in [-0.39, 0.29) is 0 Å². The van der Waals surface area contributed by atoms with E-state index in [4.69, 9.17) is 20.4 Å². The molecule has 35 heavy (non-hydrogen) atoms. The zero-order valence-electron chi connectivity index (χ0n) is 18.7. The Bertz CT molecular complexity index is 1570. The molecule has 5 aromatic rings. The molecule has 5 N–H and O–H groups in total. The van der Waals surface area contributed by atoms with Crippen LogP contribution in [0.2, 0.25) is 0 Å². The molecule has 0 aliphatic rings. The van der Waals surface area contributed by atoms with Gasteiger partial charge in [0.15, 0.2) is 5.82 Å². The van der Waals surface area contributed by atoms with Crippen LogP contribution in [-0.2, 0) is 6.54 Å². The minimum absolute atomic E-state index is 0.295. The van der Waals surface area contributed by atoms with Crippen LogP contribution in [0, 0.1) is 0 Å². The largest absolute Gasteiger partial charge is 0.494 e. The third kappa shape index (κ3) is 4.14. The molecule has 3 aromatic heterocycles. The quantitative estimate of drug-likeness (QED) is 0.262. The van der Waals surface area contributed by atoms with Gasteiger partial charge in [-0.05, 0) is 35.3 Å². The number of anilines is 1. The normalized spacial score (nSPS) is 11.1. The van der Waals surface area contributed by atoms with Gasteiger partial charge in [-0.3, -0.25) is 9.20 Å². The van der Waals surface area contributed by atoms with Crippen LogP contribution in [0.5, 0.6) is 5.75 Å². The van der Waals surface area contributed by atoms with Crippen molar-refractivity contribution in [3.63, 3.8) is 0 Å². The van der Waals surface area contributed by atoms with Crippen LogP contribution in [0.4, 0.5) is 5.82 Å². The standard InChI is InChI=1S/C24H21BN6O4/c1-35-19-10-3-7-16-20(19)29-24(21-17-8-4-9-18(22(26)32)31(17)13-28-21)30-23(16)27-12-14-5-2-6-15(11-14)25(33)34/h2-11,13,33-34H,12H2,1H3,(H2,26,32)(H,27,29,30). The van der Waals surface area contributed by atoms with Crippen molar-refractivity contribution >= 4 is 40.7 Å². The van der Waals surface area contributed by atoms with Gasteiger partial charge in [0.25, 0.3) is 5.91 Å². The Morgan fingerprint density at radius 3 is 2.69 bits per heavy atom. The third-order valence-electron chi connectivity index (χ3n) is 5.66. The molecular weight excluding hydrogens is 447 g/mol. The van der Waals surface area contributed by atoms with Crippen LogP contribution in [0.1, 0.15) is 16.1 Å². The van der Waals surface area contributed by atoms with Crippen LogP contribution in [0.25, 0.3) is 27.9 Å². The molecule has 0 unspecified atom stereocenters. The van der Waals surface area contributed by atoms with Crippen LogP contribution in [-0.4, -0.2) is 49.5 Å².